The third-order valence-electron chi connectivity index (χ3n) is 23.1. The molecule has 2 aliphatic rings. The maximum atomic E-state index is 9.42. The summed E-state index contributed by atoms with van der Waals surface area (Å²) < 4.78 is 13.8. The van der Waals surface area contributed by atoms with Crippen molar-refractivity contribution in [3.05, 3.63) is 181 Å². The molecule has 0 fully saturated rings. The van der Waals surface area contributed by atoms with Crippen LogP contribution in [-0.2, 0) is 21.1 Å². The van der Waals surface area contributed by atoms with Crippen LogP contribution in [0.4, 0.5) is 0 Å². The van der Waals surface area contributed by atoms with Crippen LogP contribution in [-0.4, -0.2) is 91.7 Å². The Kier molecular flexibility index (Phi) is 26.8. The molecule has 1 N–H and O–H groups in total. The number of hydrogen-bond donors (Lipinski definition) is 1. The molecule has 11 aromatic rings. The van der Waals surface area contributed by atoms with Gasteiger partial charge in [-0.15, -0.1) is 0 Å². The number of allylic oxidation sites excluding steroid dienone is 4. The molecule has 2 atom stereocenters. The number of halogens is 3. The third kappa shape index (κ3) is 16.6. The van der Waals surface area contributed by atoms with Crippen LogP contribution in [0.1, 0.15) is 208 Å². The highest BCUT2D eigenvalue weighted by atomic mass is 127. The molecule has 0 spiro atoms. The van der Waals surface area contributed by atoms with Gasteiger partial charge in [-0.05, 0) is 165 Å². The summed E-state index contributed by atoms with van der Waals surface area (Å²) >= 11 is 15.5. The van der Waals surface area contributed by atoms with Crippen LogP contribution in [0.3, 0.4) is 0 Å². The molecule has 0 amide bonds. The van der Waals surface area contributed by atoms with Gasteiger partial charge in [0.2, 0.25) is 0 Å². The second kappa shape index (κ2) is 35.2. The van der Waals surface area contributed by atoms with E-state index in [0.717, 1.165) is 125 Å². The van der Waals surface area contributed by atoms with Crippen molar-refractivity contribution in [1.29, 1.82) is 10.5 Å². The summed E-state index contributed by atoms with van der Waals surface area (Å²) in [5, 5.41) is 36.9. The molecule has 0 aliphatic heterocycles. The normalized spacial score (nSPS) is 14.8. The van der Waals surface area contributed by atoms with Crippen LogP contribution in [0, 0.1) is 73.6 Å². The van der Waals surface area contributed by atoms with Crippen molar-refractivity contribution >= 4 is 126 Å². The Morgan fingerprint density at radius 1 is 0.431 bits per heavy atom. The van der Waals surface area contributed by atoms with Crippen molar-refractivity contribution in [3.63, 3.8) is 0 Å². The average Bonchev–Trinajstić information content (AvgIpc) is 1.63. The number of pyridine rings is 4. The molecule has 0 saturated carbocycles. The molecule has 11 aromatic heterocycles. The fraction of sp³-hybridized carbons (Fsp3) is 0.437. The molecule has 0 saturated heterocycles. The number of aryl methyl sites for hydroxylation is 3. The van der Waals surface area contributed by atoms with Crippen molar-refractivity contribution in [2.75, 3.05) is 0 Å². The average molecular weight is 1660 g/mol. The predicted octanol–water partition coefficient (Wildman–Crippen LogP) is 22.5. The summed E-state index contributed by atoms with van der Waals surface area (Å²) in [7, 11) is 0.0722. The molecule has 13 rings (SSSR count). The second-order valence-corrected chi connectivity index (χ2v) is 51.3. The summed E-state index contributed by atoms with van der Waals surface area (Å²) in [6.45, 7) is 42.7. The predicted molar refractivity (Wildman–Crippen MR) is 467 cm³/mol. The van der Waals surface area contributed by atoms with Crippen molar-refractivity contribution < 1.29 is 0 Å². The fourth-order valence-corrected chi connectivity index (χ4v) is 39.3. The minimum Gasteiger partial charge on any atom is -0.359 e. The lowest BCUT2D eigenvalue weighted by molar-refractivity contribution is 0.604. The van der Waals surface area contributed by atoms with Gasteiger partial charge in [0, 0.05) is 103 Å². The number of H-pyrrole nitrogens is 1. The Hall–Kier alpha value is -8.51. The highest BCUT2D eigenvalue weighted by Gasteiger charge is 2.49. The lowest BCUT2D eigenvalue weighted by atomic mass is 9.85. The van der Waals surface area contributed by atoms with E-state index in [1.54, 1.807) is 32.6 Å². The van der Waals surface area contributed by atoms with Crippen LogP contribution in [0.5, 0.6) is 0 Å². The van der Waals surface area contributed by atoms with Crippen molar-refractivity contribution in [2.24, 2.45) is 33.0 Å². The van der Waals surface area contributed by atoms with Crippen LogP contribution >= 0.6 is 45.8 Å². The molecule has 11 heterocycles. The molecule has 0 radical (unpaired) electrons. The van der Waals surface area contributed by atoms with E-state index in [0.29, 0.717) is 54.9 Å². The van der Waals surface area contributed by atoms with E-state index in [1.807, 2.05) is 76.8 Å². The second-order valence-electron chi connectivity index (χ2n) is 32.2. The summed E-state index contributed by atoms with van der Waals surface area (Å²) in [5.74, 6) is 19.6. The van der Waals surface area contributed by atoms with E-state index >= 15 is 0 Å². The lowest BCUT2D eigenvalue weighted by Crippen LogP contribution is -2.51. The number of nitrogens with one attached hydrogen (secondary N) is 1. The number of aromatic amines is 1. The minimum absolute atomic E-state index is 0.105. The molecule has 568 valence electrons. The highest BCUT2D eigenvalue weighted by Crippen LogP contribution is 2.49. The minimum atomic E-state index is -1.95. The van der Waals surface area contributed by atoms with E-state index in [4.69, 9.17) is 43.4 Å². The van der Waals surface area contributed by atoms with Gasteiger partial charge in [0.1, 0.15) is 22.6 Å². The summed E-state index contributed by atoms with van der Waals surface area (Å²) in [5.41, 5.74) is 19.6. The largest absolute Gasteiger partial charge is 0.359 e. The quantitative estimate of drug-likeness (QED) is 0.0629. The maximum absolute atomic E-state index is 9.42. The van der Waals surface area contributed by atoms with E-state index in [-0.39, 0.29) is 11.8 Å². The van der Waals surface area contributed by atoms with Crippen molar-refractivity contribution in [1.82, 2.24) is 67.0 Å². The molecule has 2 aliphatic carbocycles. The lowest BCUT2D eigenvalue weighted by Gasteiger charge is -2.44. The zero-order chi connectivity index (χ0) is 79.1. The number of hydrogen-bond acceptors (Lipinski definition) is 9. The van der Waals surface area contributed by atoms with Crippen LogP contribution in [0.25, 0.3) is 55.3 Å². The Balaban J connectivity index is 0.000000157. The van der Waals surface area contributed by atoms with Gasteiger partial charge in [0.25, 0.3) is 0 Å². The molecular weight excluding hydrogens is 1550 g/mol. The smallest absolute Gasteiger partial charge is 0.171 e. The molecule has 0 aromatic carbocycles. The standard InChI is InChI=1S/C29H37N5Si.C22H29ClN4Si.C20H17N5.C16H24ClIN2Si/c1-20(2)35(21(3)4,22(5)6)34-15-14-27-28(25-11-8-23(16-30)9-12-25)26(18-31-29(27)34)13-10-24-17-32-33(7)19-24;1-15(2)28(16(3)4,17(5)6)27-11-10-20-21(23)19(13-24-22(20)27)9-8-18-12-25-26(7)14-18;1-25-13-15(11-24-25)4-7-17-12-23-20-18(8-9-22-20)19(17)16-5-2-14(10-21)3-6-16;1-10(2)21(11(3)4,12(5)6)20-8-7-13-15(17)14(18)9-19-16(13)20/h11,14-15,17-23H,8-9,12H2,1-7H3;10-17H,1-7H3;5,8-9,11-14H,2-3,6H2,1H3,(H,22,23);7-12H,1-6H3. The van der Waals surface area contributed by atoms with Gasteiger partial charge < -0.3 is 17.7 Å². The molecule has 2 unspecified atom stereocenters. The van der Waals surface area contributed by atoms with Crippen LogP contribution in [0.2, 0.25) is 59.9 Å². The van der Waals surface area contributed by atoms with Gasteiger partial charge in [-0.3, -0.25) is 14.0 Å². The number of rotatable bonds is 14. The molecule has 22 heteroatoms. The van der Waals surface area contributed by atoms with Crippen LogP contribution in [0.15, 0.2) is 123 Å². The van der Waals surface area contributed by atoms with E-state index in [2.05, 4.69) is 282 Å². The fourth-order valence-electron chi connectivity index (χ4n) is 18.8. The first kappa shape index (κ1) is 83.0. The molecular formula is C87H107Cl2IN16Si3. The Morgan fingerprint density at radius 2 is 0.771 bits per heavy atom. The molecule has 0 bridgehead atoms. The first-order valence-corrected chi connectivity index (χ1v) is 46.9. The molecule has 109 heavy (non-hydrogen) atoms. The molecule has 16 nitrogen and oxygen atoms in total. The van der Waals surface area contributed by atoms with E-state index in [9.17, 15) is 5.26 Å². The van der Waals surface area contributed by atoms with Gasteiger partial charge in [0.05, 0.1) is 89.6 Å². The van der Waals surface area contributed by atoms with Crippen molar-refractivity contribution in [3.8, 4) is 47.7 Å². The first-order valence-electron chi connectivity index (χ1n) is 38.5. The summed E-state index contributed by atoms with van der Waals surface area (Å²) in [4.78, 5) is 22.3. The van der Waals surface area contributed by atoms with Gasteiger partial charge >= 0.3 is 0 Å². The van der Waals surface area contributed by atoms with Gasteiger partial charge in [-0.1, -0.05) is 196 Å². The van der Waals surface area contributed by atoms with Crippen LogP contribution < -0.4 is 0 Å². The zero-order valence-electron chi connectivity index (χ0n) is 67.5. The maximum Gasteiger partial charge on any atom is 0.171 e. The number of fused-ring (bicyclic) bond motifs is 4. The SMILES string of the molecule is CC(C)[Si](C(C)C)(C(C)C)n1ccc2c(C3=CCC(C#N)CC3)c(C#Cc3cnn(C)c3)cnc21.CC(C)[Si](C(C)C)(C(C)C)n1ccc2c(Cl)c(C#Cc3cnn(C)c3)cnc21.CC(C)[Si](C(C)C)(C(C)C)n1ccc2c(Cl)c(I)cnc21.Cn1cc(C#Cc2cnc3[nH]ccc3c2C2=CCC(C#N)CC2)cn1. The Labute approximate surface area is 673 Å². The van der Waals surface area contributed by atoms with Gasteiger partial charge in [-0.2, -0.15) is 25.8 Å². The Bertz CT molecular complexity index is 5370. The van der Waals surface area contributed by atoms with Gasteiger partial charge in [0.15, 0.2) is 24.7 Å². The topological polar surface area (TPSA) is 183 Å². The van der Waals surface area contributed by atoms with E-state index < -0.39 is 24.7 Å². The Morgan fingerprint density at radius 3 is 1.13 bits per heavy atom. The zero-order valence-corrected chi connectivity index (χ0v) is 74.2. The van der Waals surface area contributed by atoms with Crippen molar-refractivity contribution in [2.45, 2.75) is 213 Å². The monoisotopic (exact) mass is 1660 g/mol. The highest BCUT2D eigenvalue weighted by molar-refractivity contribution is 14.1. The summed E-state index contributed by atoms with van der Waals surface area (Å²) in [6, 6.07) is 13.4. The third-order valence-corrected chi connectivity index (χ3v) is 45.3. The van der Waals surface area contributed by atoms with E-state index in [1.165, 1.54) is 22.1 Å². The first-order chi connectivity index (χ1) is 51.9. The number of nitriles is 2. The number of aromatic nitrogens is 14. The van der Waals surface area contributed by atoms with Gasteiger partial charge in [-0.25, -0.2) is 19.9 Å². The summed E-state index contributed by atoms with van der Waals surface area (Å²) in [6.07, 6.45) is 36.8. The number of nitrogens with zero attached hydrogens (tertiary/aromatic N) is 15.